The lowest BCUT2D eigenvalue weighted by Gasteiger charge is -2.19. The first-order valence-electron chi connectivity index (χ1n) is 4.96. The number of carboxylic acids is 1. The van der Waals surface area contributed by atoms with E-state index in [1.807, 2.05) is 0 Å². The maximum atomic E-state index is 13.2. The highest BCUT2D eigenvalue weighted by Crippen LogP contribution is 2.20. The number of aliphatic carboxylic acids is 1. The summed E-state index contributed by atoms with van der Waals surface area (Å²) < 4.78 is 38.8. The summed E-state index contributed by atoms with van der Waals surface area (Å²) in [6.45, 7) is 2.94. The Labute approximate surface area is 96.3 Å². The Morgan fingerprint density at radius 2 is 1.71 bits per heavy atom. The van der Waals surface area contributed by atoms with E-state index in [9.17, 15) is 18.0 Å². The number of hydrogen-bond donors (Lipinski definition) is 2. The zero-order valence-corrected chi connectivity index (χ0v) is 9.30. The predicted molar refractivity (Wildman–Crippen MR) is 56.2 cm³/mol. The maximum Gasteiger partial charge on any atom is 0.308 e. The summed E-state index contributed by atoms with van der Waals surface area (Å²) in [7, 11) is 0. The van der Waals surface area contributed by atoms with Crippen molar-refractivity contribution in [2.45, 2.75) is 19.9 Å². The predicted octanol–water partition coefficient (Wildman–Crippen LogP) is 2.62. The largest absolute Gasteiger partial charge is 0.481 e. The number of benzene rings is 1. The van der Waals surface area contributed by atoms with E-state index >= 15 is 0 Å². The minimum absolute atomic E-state index is 0.260. The molecular weight excluding hydrogens is 235 g/mol. The summed E-state index contributed by atoms with van der Waals surface area (Å²) in [5.74, 6) is -5.29. The van der Waals surface area contributed by atoms with Crippen LogP contribution in [-0.4, -0.2) is 17.1 Å². The van der Waals surface area contributed by atoms with Crippen molar-refractivity contribution in [2.75, 3.05) is 5.32 Å². The molecule has 0 aromatic heterocycles. The van der Waals surface area contributed by atoms with Gasteiger partial charge in [-0.1, -0.05) is 0 Å². The van der Waals surface area contributed by atoms with Gasteiger partial charge in [0.2, 0.25) is 0 Å². The Bertz CT molecular complexity index is 437. The van der Waals surface area contributed by atoms with E-state index in [0.717, 1.165) is 0 Å². The van der Waals surface area contributed by atoms with Crippen molar-refractivity contribution >= 4 is 11.7 Å². The van der Waals surface area contributed by atoms with Gasteiger partial charge in [-0.3, -0.25) is 4.79 Å². The van der Waals surface area contributed by atoms with Gasteiger partial charge in [0.25, 0.3) is 0 Å². The molecule has 0 aliphatic rings. The molecule has 3 nitrogen and oxygen atoms in total. The second-order valence-corrected chi connectivity index (χ2v) is 3.81. The summed E-state index contributed by atoms with van der Waals surface area (Å²) in [5.41, 5.74) is -0.260. The minimum Gasteiger partial charge on any atom is -0.481 e. The van der Waals surface area contributed by atoms with Crippen molar-refractivity contribution < 1.29 is 23.1 Å². The summed E-state index contributed by atoms with van der Waals surface area (Å²) in [4.78, 5) is 10.7. The number of anilines is 1. The van der Waals surface area contributed by atoms with Crippen LogP contribution in [0.15, 0.2) is 12.1 Å². The Hall–Kier alpha value is -1.72. The molecule has 17 heavy (non-hydrogen) atoms. The molecule has 0 aliphatic heterocycles. The average molecular weight is 247 g/mol. The highest BCUT2D eigenvalue weighted by molar-refractivity contribution is 5.71. The molecule has 1 aromatic carbocycles. The third-order valence-corrected chi connectivity index (χ3v) is 2.53. The molecule has 2 N–H and O–H groups in total. The van der Waals surface area contributed by atoms with Crippen molar-refractivity contribution in [3.8, 4) is 0 Å². The number of nitrogens with one attached hydrogen (secondary N) is 1. The molecule has 94 valence electrons. The Kier molecular flexibility index (Phi) is 3.98. The zero-order chi connectivity index (χ0) is 13.2. The number of carbonyl (C=O) groups is 1. The van der Waals surface area contributed by atoms with Gasteiger partial charge in [-0.05, 0) is 13.8 Å². The molecule has 0 aliphatic carbocycles. The van der Waals surface area contributed by atoms with Crippen LogP contribution in [0.4, 0.5) is 18.9 Å². The molecule has 0 spiro atoms. The summed E-state index contributed by atoms with van der Waals surface area (Å²) in [6, 6.07) is 0.456. The number of rotatable bonds is 4. The summed E-state index contributed by atoms with van der Waals surface area (Å²) in [6.07, 6.45) is 0. The van der Waals surface area contributed by atoms with Crippen molar-refractivity contribution in [1.82, 2.24) is 0 Å². The Balaban J connectivity index is 2.88. The summed E-state index contributed by atoms with van der Waals surface area (Å²) >= 11 is 0. The third-order valence-electron chi connectivity index (χ3n) is 2.53. The van der Waals surface area contributed by atoms with Crippen molar-refractivity contribution in [2.24, 2.45) is 5.92 Å². The van der Waals surface area contributed by atoms with Crippen LogP contribution in [0.25, 0.3) is 0 Å². The molecule has 0 saturated carbocycles. The lowest BCUT2D eigenvalue weighted by molar-refractivity contribution is -0.141. The van der Waals surface area contributed by atoms with Crippen LogP contribution in [0, 0.1) is 23.4 Å². The molecule has 0 heterocycles. The van der Waals surface area contributed by atoms with Gasteiger partial charge in [-0.2, -0.15) is 0 Å². The van der Waals surface area contributed by atoms with E-state index in [1.165, 1.54) is 13.8 Å². The fourth-order valence-electron chi connectivity index (χ4n) is 1.22. The van der Waals surface area contributed by atoms with Gasteiger partial charge < -0.3 is 10.4 Å². The molecule has 0 radical (unpaired) electrons. The molecule has 1 aromatic rings. The van der Waals surface area contributed by atoms with E-state index < -0.39 is 35.4 Å². The molecule has 6 heteroatoms. The molecule has 2 unspecified atom stereocenters. The van der Waals surface area contributed by atoms with E-state index in [4.69, 9.17) is 5.11 Å². The SMILES string of the molecule is CC(Nc1cc(F)c(F)cc1F)C(C)C(=O)O. The topological polar surface area (TPSA) is 49.3 Å². The van der Waals surface area contributed by atoms with E-state index in [0.29, 0.717) is 12.1 Å². The number of hydrogen-bond acceptors (Lipinski definition) is 2. The fraction of sp³-hybridized carbons (Fsp3) is 0.364. The number of halogens is 3. The van der Waals surface area contributed by atoms with Crippen LogP contribution in [0.3, 0.4) is 0 Å². The molecule has 2 atom stereocenters. The quantitative estimate of drug-likeness (QED) is 0.804. The molecule has 0 amide bonds. The van der Waals surface area contributed by atoms with E-state index in [1.54, 1.807) is 0 Å². The molecule has 0 fully saturated rings. The molecule has 1 rings (SSSR count). The second-order valence-electron chi connectivity index (χ2n) is 3.81. The van der Waals surface area contributed by atoms with Crippen molar-refractivity contribution in [3.63, 3.8) is 0 Å². The third kappa shape index (κ3) is 3.12. The van der Waals surface area contributed by atoms with Gasteiger partial charge in [-0.25, -0.2) is 13.2 Å². The monoisotopic (exact) mass is 247 g/mol. The van der Waals surface area contributed by atoms with Crippen LogP contribution in [-0.2, 0) is 4.79 Å². The van der Waals surface area contributed by atoms with Crippen molar-refractivity contribution in [1.29, 1.82) is 0 Å². The fourth-order valence-corrected chi connectivity index (χ4v) is 1.22. The van der Waals surface area contributed by atoms with Gasteiger partial charge in [-0.15, -0.1) is 0 Å². The first kappa shape index (κ1) is 13.3. The van der Waals surface area contributed by atoms with Crippen LogP contribution in [0.2, 0.25) is 0 Å². The minimum atomic E-state index is -1.29. The average Bonchev–Trinajstić information content (AvgIpc) is 2.24. The van der Waals surface area contributed by atoms with Crippen LogP contribution in [0.1, 0.15) is 13.8 Å². The van der Waals surface area contributed by atoms with Gasteiger partial charge in [0.15, 0.2) is 11.6 Å². The molecular formula is C11H12F3NO2. The van der Waals surface area contributed by atoms with E-state index in [-0.39, 0.29) is 5.69 Å². The lowest BCUT2D eigenvalue weighted by atomic mass is 10.0. The van der Waals surface area contributed by atoms with Crippen molar-refractivity contribution in [3.05, 3.63) is 29.6 Å². The highest BCUT2D eigenvalue weighted by atomic mass is 19.2. The van der Waals surface area contributed by atoms with Crippen LogP contribution in [0.5, 0.6) is 0 Å². The van der Waals surface area contributed by atoms with E-state index in [2.05, 4.69) is 5.32 Å². The van der Waals surface area contributed by atoms with Gasteiger partial charge in [0, 0.05) is 18.2 Å². The Morgan fingerprint density at radius 1 is 1.18 bits per heavy atom. The second kappa shape index (κ2) is 5.07. The van der Waals surface area contributed by atoms with Gasteiger partial charge in [0.1, 0.15) is 5.82 Å². The smallest absolute Gasteiger partial charge is 0.308 e. The lowest BCUT2D eigenvalue weighted by Crippen LogP contribution is -2.30. The first-order chi connectivity index (χ1) is 7.82. The Morgan fingerprint density at radius 3 is 2.24 bits per heavy atom. The normalized spacial score (nSPS) is 14.2. The summed E-state index contributed by atoms with van der Waals surface area (Å²) in [5, 5.41) is 11.2. The van der Waals surface area contributed by atoms with Crippen LogP contribution < -0.4 is 5.32 Å². The first-order valence-corrected chi connectivity index (χ1v) is 4.96. The van der Waals surface area contributed by atoms with Crippen LogP contribution >= 0.6 is 0 Å². The standard InChI is InChI=1S/C11H12F3NO2/c1-5(11(16)17)6(2)15-10-4-8(13)7(12)3-9(10)14/h3-6,15H,1-2H3,(H,16,17). The molecule has 0 saturated heterocycles. The van der Waals surface area contributed by atoms with Gasteiger partial charge in [0.05, 0.1) is 11.6 Å². The molecule has 0 bridgehead atoms. The van der Waals surface area contributed by atoms with Gasteiger partial charge >= 0.3 is 5.97 Å². The maximum absolute atomic E-state index is 13.2. The zero-order valence-electron chi connectivity index (χ0n) is 9.30. The highest BCUT2D eigenvalue weighted by Gasteiger charge is 2.20. The number of carboxylic acid groups (broad SMARTS) is 1.